The lowest BCUT2D eigenvalue weighted by Gasteiger charge is -2.35. The molecule has 7 aromatic rings. The number of hydrogen-bond donors (Lipinski definition) is 0. The van der Waals surface area contributed by atoms with Crippen LogP contribution < -0.4 is 4.74 Å². The summed E-state index contributed by atoms with van der Waals surface area (Å²) < 4.78 is 10.9. The number of rotatable bonds is 5. The second-order valence-corrected chi connectivity index (χ2v) is 16.3. The molecule has 0 unspecified atom stereocenters. The SMILES string of the molecule is Cc1ccnc(-n2c3ccccc3c3ccc(Oc4cccc(-n5nc(C)c(-c6c(C(C)(C)C)c(C)c(C)c(C)c6C(C)(C)C)c5C)c4)cc32)c1. The Balaban J connectivity index is 1.34. The van der Waals surface area contributed by atoms with Gasteiger partial charge in [-0.2, -0.15) is 5.10 Å². The summed E-state index contributed by atoms with van der Waals surface area (Å²) in [4.78, 5) is 4.74. The van der Waals surface area contributed by atoms with E-state index in [0.29, 0.717) is 0 Å². The summed E-state index contributed by atoms with van der Waals surface area (Å²) >= 11 is 0. The molecule has 7 rings (SSSR count). The van der Waals surface area contributed by atoms with E-state index in [1.807, 2.05) is 24.4 Å². The van der Waals surface area contributed by atoms with E-state index < -0.39 is 0 Å². The van der Waals surface area contributed by atoms with Gasteiger partial charge in [-0.1, -0.05) is 65.8 Å². The predicted octanol–water partition coefficient (Wildman–Crippen LogP) is 12.3. The fourth-order valence-electron chi connectivity index (χ4n) is 8.26. The van der Waals surface area contributed by atoms with Gasteiger partial charge in [0.1, 0.15) is 17.3 Å². The number of aromatic nitrogens is 4. The number of nitrogens with zero attached hydrogens (tertiary/aromatic N) is 4. The van der Waals surface area contributed by atoms with Gasteiger partial charge >= 0.3 is 0 Å². The average Bonchev–Trinajstić information content (AvgIpc) is 3.54. The topological polar surface area (TPSA) is 44.9 Å². The Hall–Kier alpha value is -5.16. The smallest absolute Gasteiger partial charge is 0.137 e. The first-order valence-electron chi connectivity index (χ1n) is 18.0. The molecule has 5 nitrogen and oxygen atoms in total. The van der Waals surface area contributed by atoms with Crippen molar-refractivity contribution in [1.82, 2.24) is 19.3 Å². The summed E-state index contributed by atoms with van der Waals surface area (Å²) in [7, 11) is 0. The Morgan fingerprint density at radius 3 is 1.90 bits per heavy atom. The summed E-state index contributed by atoms with van der Waals surface area (Å²) in [6.45, 7) is 27.4. The van der Waals surface area contributed by atoms with E-state index in [9.17, 15) is 0 Å². The van der Waals surface area contributed by atoms with Crippen LogP contribution in [-0.2, 0) is 10.8 Å². The molecular formula is C46H50N4O. The Kier molecular flexibility index (Phi) is 8.24. The van der Waals surface area contributed by atoms with E-state index >= 15 is 0 Å². The average molecular weight is 675 g/mol. The van der Waals surface area contributed by atoms with E-state index in [2.05, 4.69) is 153 Å². The molecular weight excluding hydrogens is 625 g/mol. The van der Waals surface area contributed by atoms with Crippen LogP contribution in [0.3, 0.4) is 0 Å². The van der Waals surface area contributed by atoms with Crippen molar-refractivity contribution < 1.29 is 4.74 Å². The van der Waals surface area contributed by atoms with E-state index in [4.69, 9.17) is 14.8 Å². The van der Waals surface area contributed by atoms with Gasteiger partial charge in [0.25, 0.3) is 0 Å². The zero-order chi connectivity index (χ0) is 36.6. The van der Waals surface area contributed by atoms with Gasteiger partial charge in [-0.3, -0.25) is 4.57 Å². The van der Waals surface area contributed by atoms with Crippen molar-refractivity contribution in [2.24, 2.45) is 0 Å². The third kappa shape index (κ3) is 5.83. The van der Waals surface area contributed by atoms with Crippen LogP contribution in [0.1, 0.15) is 86.3 Å². The monoisotopic (exact) mass is 674 g/mol. The second kappa shape index (κ2) is 12.3. The minimum absolute atomic E-state index is 0.0468. The first-order chi connectivity index (χ1) is 24.1. The zero-order valence-corrected chi connectivity index (χ0v) is 32.3. The van der Waals surface area contributed by atoms with Gasteiger partial charge in [-0.05, 0) is 134 Å². The summed E-state index contributed by atoms with van der Waals surface area (Å²) in [5.41, 5.74) is 15.9. The molecule has 0 aliphatic rings. The molecule has 0 aliphatic carbocycles. The number of benzene rings is 4. The highest BCUT2D eigenvalue weighted by atomic mass is 16.5. The molecule has 51 heavy (non-hydrogen) atoms. The molecule has 0 bridgehead atoms. The van der Waals surface area contributed by atoms with E-state index in [-0.39, 0.29) is 10.8 Å². The highest BCUT2D eigenvalue weighted by Crippen LogP contribution is 2.47. The molecule has 0 saturated heterocycles. The molecule has 5 heteroatoms. The van der Waals surface area contributed by atoms with Gasteiger partial charge in [0.05, 0.1) is 22.4 Å². The van der Waals surface area contributed by atoms with Crippen LogP contribution in [0.25, 0.3) is 44.4 Å². The molecule has 4 aromatic carbocycles. The number of pyridine rings is 1. The van der Waals surface area contributed by atoms with Crippen LogP contribution in [0.2, 0.25) is 0 Å². The Bertz CT molecular complexity index is 2440. The molecule has 0 radical (unpaired) electrons. The van der Waals surface area contributed by atoms with Crippen LogP contribution >= 0.6 is 0 Å². The van der Waals surface area contributed by atoms with Gasteiger partial charge in [0.2, 0.25) is 0 Å². The molecule has 3 heterocycles. The molecule has 0 fully saturated rings. The normalized spacial score (nSPS) is 12.3. The first kappa shape index (κ1) is 34.3. The van der Waals surface area contributed by atoms with Gasteiger partial charge in [0, 0.05) is 40.4 Å². The van der Waals surface area contributed by atoms with Crippen LogP contribution in [0.4, 0.5) is 0 Å². The molecule has 0 N–H and O–H groups in total. The summed E-state index contributed by atoms with van der Waals surface area (Å²) in [6.07, 6.45) is 1.87. The number of aryl methyl sites for hydroxylation is 2. The van der Waals surface area contributed by atoms with Crippen LogP contribution in [0, 0.1) is 41.5 Å². The Morgan fingerprint density at radius 2 is 1.24 bits per heavy atom. The lowest BCUT2D eigenvalue weighted by molar-refractivity contribution is 0.482. The molecule has 0 aliphatic heterocycles. The number of fused-ring (bicyclic) bond motifs is 3. The zero-order valence-electron chi connectivity index (χ0n) is 32.3. The highest BCUT2D eigenvalue weighted by molar-refractivity contribution is 6.09. The number of hydrogen-bond acceptors (Lipinski definition) is 3. The van der Waals surface area contributed by atoms with Crippen molar-refractivity contribution in [3.63, 3.8) is 0 Å². The predicted molar refractivity (Wildman–Crippen MR) is 213 cm³/mol. The second-order valence-electron chi connectivity index (χ2n) is 16.3. The molecule has 0 saturated carbocycles. The maximum Gasteiger partial charge on any atom is 0.137 e. The quantitative estimate of drug-likeness (QED) is 0.182. The van der Waals surface area contributed by atoms with Crippen molar-refractivity contribution >= 4 is 21.8 Å². The maximum absolute atomic E-state index is 6.62. The maximum atomic E-state index is 6.62. The fourth-order valence-corrected chi connectivity index (χ4v) is 8.26. The van der Waals surface area contributed by atoms with Crippen molar-refractivity contribution in [3.05, 3.63) is 130 Å². The molecule has 3 aromatic heterocycles. The third-order valence-corrected chi connectivity index (χ3v) is 10.5. The minimum atomic E-state index is -0.0468. The Labute approximate surface area is 302 Å². The van der Waals surface area contributed by atoms with Crippen molar-refractivity contribution in [1.29, 1.82) is 0 Å². The van der Waals surface area contributed by atoms with Crippen LogP contribution in [0.5, 0.6) is 11.5 Å². The van der Waals surface area contributed by atoms with Gasteiger partial charge in [-0.25, -0.2) is 9.67 Å². The molecule has 0 amide bonds. The lowest BCUT2D eigenvalue weighted by Crippen LogP contribution is -2.23. The molecule has 0 spiro atoms. The minimum Gasteiger partial charge on any atom is -0.457 e. The number of ether oxygens (including phenoxy) is 1. The summed E-state index contributed by atoms with van der Waals surface area (Å²) in [6, 6.07) is 27.2. The fraction of sp³-hybridized carbons (Fsp3) is 0.304. The Morgan fingerprint density at radius 1 is 0.588 bits per heavy atom. The van der Waals surface area contributed by atoms with Gasteiger partial charge in [0.15, 0.2) is 0 Å². The summed E-state index contributed by atoms with van der Waals surface area (Å²) in [5, 5.41) is 7.55. The van der Waals surface area contributed by atoms with Crippen LogP contribution in [0.15, 0.2) is 85.1 Å². The first-order valence-corrected chi connectivity index (χ1v) is 18.0. The van der Waals surface area contributed by atoms with Gasteiger partial charge < -0.3 is 4.74 Å². The van der Waals surface area contributed by atoms with Crippen molar-refractivity contribution in [3.8, 4) is 34.1 Å². The van der Waals surface area contributed by atoms with Crippen molar-refractivity contribution in [2.75, 3.05) is 0 Å². The molecule has 0 atom stereocenters. The van der Waals surface area contributed by atoms with Crippen molar-refractivity contribution in [2.45, 2.75) is 93.9 Å². The summed E-state index contributed by atoms with van der Waals surface area (Å²) in [5.74, 6) is 2.41. The third-order valence-electron chi connectivity index (χ3n) is 10.5. The lowest BCUT2D eigenvalue weighted by atomic mass is 9.69. The highest BCUT2D eigenvalue weighted by Gasteiger charge is 2.33. The number of para-hydroxylation sites is 1. The van der Waals surface area contributed by atoms with E-state index in [1.165, 1.54) is 49.9 Å². The van der Waals surface area contributed by atoms with E-state index in [0.717, 1.165) is 50.8 Å². The largest absolute Gasteiger partial charge is 0.457 e. The molecule has 260 valence electrons. The van der Waals surface area contributed by atoms with E-state index in [1.54, 1.807) is 0 Å². The van der Waals surface area contributed by atoms with Crippen LogP contribution in [-0.4, -0.2) is 19.3 Å². The van der Waals surface area contributed by atoms with Gasteiger partial charge in [-0.15, -0.1) is 0 Å². The standard InChI is InChI=1S/C46H50N4O/c1-27-22-23-47-40(24-27)49-38-19-14-13-18-36(38)37-21-20-35(26-39(37)49)51-34-17-15-16-33(25-34)50-32(6)41(31(5)48-50)42-43(45(7,8)9)29(3)28(2)30(4)44(42)46(10,11)12/h13-26H,1-12H3.